The predicted octanol–water partition coefficient (Wildman–Crippen LogP) is 2.11. The number of halogens is 2. The lowest BCUT2D eigenvalue weighted by atomic mass is 10.2. The maximum absolute atomic E-state index is 11.4. The van der Waals surface area contributed by atoms with Crippen molar-refractivity contribution in [3.05, 3.63) is 0 Å². The van der Waals surface area contributed by atoms with E-state index in [0.717, 1.165) is 19.3 Å². The van der Waals surface area contributed by atoms with E-state index in [1.165, 1.54) is 0 Å². The van der Waals surface area contributed by atoms with E-state index in [-0.39, 0.29) is 9.14 Å². The van der Waals surface area contributed by atoms with Crippen LogP contribution in [0.3, 0.4) is 0 Å². The summed E-state index contributed by atoms with van der Waals surface area (Å²) in [4.78, 5) is 13.3. The quantitative estimate of drug-likeness (QED) is 0.627. The van der Waals surface area contributed by atoms with Gasteiger partial charge in [-0.25, -0.2) is 0 Å². The summed E-state index contributed by atoms with van der Waals surface area (Å²) in [6, 6.07) is 0.368. The zero-order valence-electron chi connectivity index (χ0n) is 6.89. The molecule has 12 heavy (non-hydrogen) atoms. The normalized spacial score (nSPS) is 38.9. The summed E-state index contributed by atoms with van der Waals surface area (Å²) in [5.41, 5.74) is 0. The van der Waals surface area contributed by atoms with E-state index in [0.29, 0.717) is 12.0 Å². The molecule has 1 saturated carbocycles. The molecule has 2 unspecified atom stereocenters. The third kappa shape index (κ3) is 1.15. The molecule has 0 bridgehead atoms. The van der Waals surface area contributed by atoms with Gasteiger partial charge in [0, 0.05) is 19.4 Å². The van der Waals surface area contributed by atoms with Gasteiger partial charge in [-0.3, -0.25) is 4.79 Å². The van der Waals surface area contributed by atoms with Gasteiger partial charge in [0.25, 0.3) is 0 Å². The Hall–Kier alpha value is 0.430. The maximum atomic E-state index is 11.4. The first-order valence-corrected chi connectivity index (χ1v) is 5.77. The van der Waals surface area contributed by atoms with Crippen LogP contribution in [-0.2, 0) is 4.79 Å². The van der Waals surface area contributed by atoms with Gasteiger partial charge < -0.3 is 4.90 Å². The fourth-order valence-electron chi connectivity index (χ4n) is 2.06. The molecule has 4 heteroatoms. The number of nitrogens with zero attached hydrogens (tertiary/aromatic N) is 1. The lowest BCUT2D eigenvalue weighted by Crippen LogP contribution is -2.30. The number of alkyl halides is 2. The number of rotatable bonds is 0. The van der Waals surface area contributed by atoms with Crippen molar-refractivity contribution in [2.75, 3.05) is 7.05 Å². The molecule has 1 heterocycles. The van der Waals surface area contributed by atoms with Gasteiger partial charge in [-0.1, -0.05) is 31.9 Å². The second kappa shape index (κ2) is 2.71. The standard InChI is InChI=1S/C8H11Br2NO/c1-11-6(12)4-2-3-5-7(11)8(5,9)10/h5,7H,2-4H2,1H3. The lowest BCUT2D eigenvalue weighted by molar-refractivity contribution is -0.130. The molecule has 0 N–H and O–H groups in total. The number of amides is 1. The average Bonchev–Trinajstić information content (AvgIpc) is 2.55. The summed E-state index contributed by atoms with van der Waals surface area (Å²) >= 11 is 7.21. The van der Waals surface area contributed by atoms with Gasteiger partial charge >= 0.3 is 0 Å². The van der Waals surface area contributed by atoms with Crippen molar-refractivity contribution in [1.29, 1.82) is 0 Å². The van der Waals surface area contributed by atoms with Crippen LogP contribution in [0.25, 0.3) is 0 Å². The van der Waals surface area contributed by atoms with Crippen molar-refractivity contribution >= 4 is 37.8 Å². The highest BCUT2D eigenvalue weighted by molar-refractivity contribution is 9.25. The highest BCUT2D eigenvalue weighted by Gasteiger charge is 2.64. The molecule has 2 aliphatic rings. The third-order valence-electron chi connectivity index (χ3n) is 2.88. The maximum Gasteiger partial charge on any atom is 0.222 e. The minimum absolute atomic E-state index is 0.0187. The fraction of sp³-hybridized carbons (Fsp3) is 0.875. The summed E-state index contributed by atoms with van der Waals surface area (Å²) in [6.07, 6.45) is 2.90. The van der Waals surface area contributed by atoms with Gasteiger partial charge in [0.2, 0.25) is 5.91 Å². The number of hydrogen-bond donors (Lipinski definition) is 0. The third-order valence-corrected chi connectivity index (χ3v) is 4.99. The van der Waals surface area contributed by atoms with Crippen LogP contribution in [0, 0.1) is 5.92 Å². The Morgan fingerprint density at radius 3 is 2.92 bits per heavy atom. The Kier molecular flexibility index (Phi) is 2.03. The summed E-state index contributed by atoms with van der Waals surface area (Å²) < 4.78 is 0.0187. The van der Waals surface area contributed by atoms with Gasteiger partial charge in [-0.05, 0) is 12.8 Å². The van der Waals surface area contributed by atoms with Crippen molar-refractivity contribution in [2.24, 2.45) is 5.92 Å². The SMILES string of the molecule is CN1C(=O)CCCC2C1C2(Br)Br. The summed E-state index contributed by atoms with van der Waals surface area (Å²) in [5, 5.41) is 0. The van der Waals surface area contributed by atoms with E-state index in [2.05, 4.69) is 31.9 Å². The Morgan fingerprint density at radius 1 is 1.58 bits per heavy atom. The molecule has 0 aromatic carbocycles. The molecule has 2 atom stereocenters. The lowest BCUT2D eigenvalue weighted by Gasteiger charge is -2.16. The smallest absolute Gasteiger partial charge is 0.222 e. The van der Waals surface area contributed by atoms with Crippen molar-refractivity contribution in [2.45, 2.75) is 28.5 Å². The molecule has 1 amide bonds. The number of carbonyl (C=O) groups is 1. The molecule has 1 aliphatic heterocycles. The van der Waals surface area contributed by atoms with Crippen LogP contribution in [0.4, 0.5) is 0 Å². The van der Waals surface area contributed by atoms with Gasteiger partial charge in [0.15, 0.2) is 0 Å². The Labute approximate surface area is 88.9 Å². The molecule has 0 radical (unpaired) electrons. The molecule has 0 spiro atoms. The van der Waals surface area contributed by atoms with Gasteiger partial charge in [0.1, 0.15) is 3.23 Å². The van der Waals surface area contributed by atoms with Crippen molar-refractivity contribution in [1.82, 2.24) is 4.90 Å². The topological polar surface area (TPSA) is 20.3 Å². The van der Waals surface area contributed by atoms with E-state index < -0.39 is 0 Å². The first-order valence-electron chi connectivity index (χ1n) is 4.18. The van der Waals surface area contributed by atoms with Gasteiger partial charge in [-0.2, -0.15) is 0 Å². The van der Waals surface area contributed by atoms with Gasteiger partial charge in [-0.15, -0.1) is 0 Å². The number of likely N-dealkylation sites (tertiary alicyclic amines) is 1. The Morgan fingerprint density at radius 2 is 2.25 bits per heavy atom. The fourth-order valence-corrected chi connectivity index (χ4v) is 4.00. The molecule has 2 rings (SSSR count). The van der Waals surface area contributed by atoms with Crippen LogP contribution in [-0.4, -0.2) is 27.1 Å². The Bertz CT molecular complexity index is 229. The summed E-state index contributed by atoms with van der Waals surface area (Å²) in [5.74, 6) is 0.886. The van der Waals surface area contributed by atoms with Crippen LogP contribution in [0.1, 0.15) is 19.3 Å². The monoisotopic (exact) mass is 295 g/mol. The largest absolute Gasteiger partial charge is 0.340 e. The summed E-state index contributed by atoms with van der Waals surface area (Å²) in [7, 11) is 1.90. The minimum Gasteiger partial charge on any atom is -0.340 e. The first-order chi connectivity index (χ1) is 5.55. The van der Waals surface area contributed by atoms with Crippen molar-refractivity contribution in [3.8, 4) is 0 Å². The van der Waals surface area contributed by atoms with Crippen LogP contribution < -0.4 is 0 Å². The second-order valence-corrected chi connectivity index (χ2v) is 7.31. The second-order valence-electron chi connectivity index (χ2n) is 3.62. The highest BCUT2D eigenvalue weighted by Crippen LogP contribution is 2.61. The molecule has 0 aromatic heterocycles. The molecule has 1 saturated heterocycles. The number of carbonyl (C=O) groups excluding carboxylic acids is 1. The molecular formula is C8H11Br2NO. The van der Waals surface area contributed by atoms with E-state index in [4.69, 9.17) is 0 Å². The van der Waals surface area contributed by atoms with E-state index in [9.17, 15) is 4.79 Å². The van der Waals surface area contributed by atoms with Crippen LogP contribution in [0.5, 0.6) is 0 Å². The molecule has 2 nitrogen and oxygen atoms in total. The molecule has 0 aromatic rings. The molecule has 2 fully saturated rings. The molecule has 68 valence electrons. The first kappa shape index (κ1) is 9.00. The van der Waals surface area contributed by atoms with Crippen molar-refractivity contribution in [3.63, 3.8) is 0 Å². The van der Waals surface area contributed by atoms with Gasteiger partial charge in [0.05, 0.1) is 6.04 Å². The van der Waals surface area contributed by atoms with Crippen LogP contribution in [0.15, 0.2) is 0 Å². The minimum atomic E-state index is 0.0187. The van der Waals surface area contributed by atoms with E-state index >= 15 is 0 Å². The predicted molar refractivity (Wildman–Crippen MR) is 54.5 cm³/mol. The van der Waals surface area contributed by atoms with Crippen LogP contribution >= 0.6 is 31.9 Å². The zero-order valence-corrected chi connectivity index (χ0v) is 10.1. The van der Waals surface area contributed by atoms with E-state index in [1.807, 2.05) is 11.9 Å². The summed E-state index contributed by atoms with van der Waals surface area (Å²) in [6.45, 7) is 0. The number of hydrogen-bond acceptors (Lipinski definition) is 1. The molecular weight excluding hydrogens is 286 g/mol. The Balaban J connectivity index is 2.18. The number of fused-ring (bicyclic) bond motifs is 1. The highest BCUT2D eigenvalue weighted by atomic mass is 79.9. The van der Waals surface area contributed by atoms with Crippen molar-refractivity contribution < 1.29 is 4.79 Å². The average molecular weight is 297 g/mol. The molecule has 1 aliphatic carbocycles. The van der Waals surface area contributed by atoms with E-state index in [1.54, 1.807) is 0 Å². The zero-order chi connectivity index (χ0) is 8.93. The van der Waals surface area contributed by atoms with Crippen LogP contribution in [0.2, 0.25) is 0 Å².